The average Bonchev–Trinajstić information content (AvgIpc) is 3.38. The Labute approximate surface area is 184 Å². The van der Waals surface area contributed by atoms with Crippen LogP contribution in [0.2, 0.25) is 0 Å². The minimum absolute atomic E-state index is 0.0534. The minimum atomic E-state index is -0.281. The second-order valence-electron chi connectivity index (χ2n) is 7.74. The smallest absolute Gasteiger partial charge is 0.269 e. The van der Waals surface area contributed by atoms with E-state index >= 15 is 0 Å². The van der Waals surface area contributed by atoms with Crippen LogP contribution < -0.4 is 9.80 Å². The second kappa shape index (κ2) is 7.22. The highest BCUT2D eigenvalue weighted by Crippen LogP contribution is 2.47. The quantitative estimate of drug-likeness (QED) is 0.556. The molecule has 0 fully saturated rings. The molecule has 31 heavy (non-hydrogen) atoms. The lowest BCUT2D eigenvalue weighted by Crippen LogP contribution is -2.46. The third kappa shape index (κ3) is 2.97. The number of Topliss-reactive ketones (excluding diaryl/α,β-unsaturated/α-hetero) is 1. The molecule has 0 saturated carbocycles. The van der Waals surface area contributed by atoms with Gasteiger partial charge in [-0.15, -0.1) is 11.3 Å². The Morgan fingerprint density at radius 3 is 2.48 bits per heavy atom. The van der Waals surface area contributed by atoms with E-state index in [0.717, 1.165) is 32.3 Å². The van der Waals surface area contributed by atoms with Crippen molar-refractivity contribution in [1.29, 1.82) is 5.26 Å². The van der Waals surface area contributed by atoms with Gasteiger partial charge in [-0.1, -0.05) is 30.3 Å². The number of carbonyl (C=O) groups is 2. The molecule has 2 aromatic carbocycles. The van der Waals surface area contributed by atoms with Crippen molar-refractivity contribution >= 4 is 34.4 Å². The molecule has 152 valence electrons. The molecule has 0 aliphatic carbocycles. The maximum Gasteiger partial charge on any atom is 0.269 e. The predicted molar refractivity (Wildman–Crippen MR) is 122 cm³/mol. The van der Waals surface area contributed by atoms with Crippen LogP contribution in [0.15, 0.2) is 72.3 Å². The summed E-state index contributed by atoms with van der Waals surface area (Å²) in [6.07, 6.45) is 1.78. The van der Waals surface area contributed by atoms with Crippen molar-refractivity contribution < 1.29 is 9.59 Å². The molecule has 1 aromatic heterocycles. The standard InChI is InChI=1S/C25H19N3O2S/c1-15(29)22-11-12-23(31-22)16-7-9-18(10-8-16)28-24-19-5-3-4-6-20(19)27(2)21(24)13-17(14-26)25(28)30/h3-13,21,24H,1-2H3. The first kappa shape index (κ1) is 19.3. The van der Waals surface area contributed by atoms with Gasteiger partial charge in [-0.25, -0.2) is 0 Å². The summed E-state index contributed by atoms with van der Waals surface area (Å²) in [5.74, 6) is -0.228. The van der Waals surface area contributed by atoms with Crippen molar-refractivity contribution in [2.75, 3.05) is 16.8 Å². The number of fused-ring (bicyclic) bond motifs is 3. The zero-order valence-corrected chi connectivity index (χ0v) is 17.9. The molecular formula is C25H19N3O2S. The third-order valence-electron chi connectivity index (χ3n) is 5.97. The van der Waals surface area contributed by atoms with Gasteiger partial charge in [0.2, 0.25) is 0 Å². The van der Waals surface area contributed by atoms with Crippen LogP contribution in [0.4, 0.5) is 11.4 Å². The maximum atomic E-state index is 13.2. The Balaban J connectivity index is 1.57. The van der Waals surface area contributed by atoms with Gasteiger partial charge < -0.3 is 4.90 Å². The number of likely N-dealkylation sites (N-methyl/N-ethyl adjacent to an activating group) is 1. The topological polar surface area (TPSA) is 64.4 Å². The van der Waals surface area contributed by atoms with E-state index in [1.54, 1.807) is 17.9 Å². The number of hydrogen-bond donors (Lipinski definition) is 0. The zero-order valence-electron chi connectivity index (χ0n) is 17.1. The highest BCUT2D eigenvalue weighted by molar-refractivity contribution is 7.17. The largest absolute Gasteiger partial charge is 0.365 e. The van der Waals surface area contributed by atoms with Crippen molar-refractivity contribution in [3.05, 3.63) is 82.8 Å². The molecule has 2 aliphatic rings. The van der Waals surface area contributed by atoms with Gasteiger partial charge in [0, 0.05) is 28.9 Å². The Bertz CT molecular complexity index is 1280. The first-order valence-electron chi connectivity index (χ1n) is 9.98. The van der Waals surface area contributed by atoms with E-state index in [1.165, 1.54) is 11.3 Å². The summed E-state index contributed by atoms with van der Waals surface area (Å²) in [5.41, 5.74) is 4.04. The number of hydrogen-bond acceptors (Lipinski definition) is 5. The van der Waals surface area contributed by atoms with Crippen molar-refractivity contribution in [1.82, 2.24) is 0 Å². The molecule has 0 saturated heterocycles. The second-order valence-corrected chi connectivity index (χ2v) is 8.82. The fourth-order valence-corrected chi connectivity index (χ4v) is 5.35. The molecule has 6 heteroatoms. The summed E-state index contributed by atoms with van der Waals surface area (Å²) >= 11 is 1.46. The first-order chi connectivity index (χ1) is 15.0. The van der Waals surface area contributed by atoms with Gasteiger partial charge in [-0.2, -0.15) is 5.26 Å². The Morgan fingerprint density at radius 2 is 1.81 bits per heavy atom. The van der Waals surface area contributed by atoms with Gasteiger partial charge in [-0.3, -0.25) is 14.5 Å². The van der Waals surface area contributed by atoms with Crippen molar-refractivity contribution in [2.45, 2.75) is 19.0 Å². The van der Waals surface area contributed by atoms with Crippen LogP contribution in [-0.2, 0) is 4.79 Å². The summed E-state index contributed by atoms with van der Waals surface area (Å²) < 4.78 is 0. The summed E-state index contributed by atoms with van der Waals surface area (Å²) in [6, 6.07) is 21.4. The summed E-state index contributed by atoms with van der Waals surface area (Å²) in [6.45, 7) is 1.56. The van der Waals surface area contributed by atoms with E-state index in [2.05, 4.69) is 11.0 Å². The molecule has 0 spiro atoms. The van der Waals surface area contributed by atoms with Gasteiger partial charge >= 0.3 is 0 Å². The number of nitrogens with zero attached hydrogens (tertiary/aromatic N) is 3. The number of thiophene rings is 1. The van der Waals surface area contributed by atoms with Crippen molar-refractivity contribution in [2.24, 2.45) is 0 Å². The van der Waals surface area contributed by atoms with E-state index < -0.39 is 0 Å². The molecule has 0 radical (unpaired) electrons. The molecule has 0 bridgehead atoms. The summed E-state index contributed by atoms with van der Waals surface area (Å²) in [7, 11) is 2.00. The molecule has 1 amide bonds. The number of benzene rings is 2. The van der Waals surface area contributed by atoms with Crippen molar-refractivity contribution in [3.8, 4) is 16.5 Å². The molecule has 5 rings (SSSR count). The van der Waals surface area contributed by atoms with Crippen molar-refractivity contribution in [3.63, 3.8) is 0 Å². The van der Waals surface area contributed by atoms with Gasteiger partial charge in [0.15, 0.2) is 5.78 Å². The SMILES string of the molecule is CC(=O)c1ccc(-c2ccc(N3C(=O)C(C#N)=CC4C3c3ccccc3N4C)cc2)s1. The van der Waals surface area contributed by atoms with Crippen LogP contribution in [0.25, 0.3) is 10.4 Å². The van der Waals surface area contributed by atoms with Gasteiger partial charge in [0.05, 0.1) is 17.0 Å². The molecule has 2 aliphatic heterocycles. The lowest BCUT2D eigenvalue weighted by molar-refractivity contribution is -0.115. The van der Waals surface area contributed by atoms with Crippen LogP contribution in [0.1, 0.15) is 28.2 Å². The molecule has 3 heterocycles. The van der Waals surface area contributed by atoms with Gasteiger partial charge in [-0.05, 0) is 48.9 Å². The highest BCUT2D eigenvalue weighted by Gasteiger charge is 2.45. The molecule has 2 atom stereocenters. The Hall–Kier alpha value is -3.69. The number of nitriles is 1. The number of amides is 1. The lowest BCUT2D eigenvalue weighted by atomic mass is 9.93. The fraction of sp³-hybridized carbons (Fsp3) is 0.160. The lowest BCUT2D eigenvalue weighted by Gasteiger charge is -2.37. The monoisotopic (exact) mass is 425 g/mol. The maximum absolute atomic E-state index is 13.2. The summed E-state index contributed by atoms with van der Waals surface area (Å²) in [4.78, 5) is 30.4. The van der Waals surface area contributed by atoms with Crippen LogP contribution >= 0.6 is 11.3 Å². The normalized spacial score (nSPS) is 19.5. The van der Waals surface area contributed by atoms with E-state index in [9.17, 15) is 14.9 Å². The average molecular weight is 426 g/mol. The number of anilines is 2. The van der Waals surface area contributed by atoms with E-state index in [-0.39, 0.29) is 29.3 Å². The number of ketones is 1. The van der Waals surface area contributed by atoms with Crippen LogP contribution in [-0.4, -0.2) is 24.8 Å². The molecule has 5 nitrogen and oxygen atoms in total. The van der Waals surface area contributed by atoms with E-state index in [1.807, 2.05) is 67.7 Å². The Kier molecular flexibility index (Phi) is 4.49. The molecule has 3 aromatic rings. The Morgan fingerprint density at radius 1 is 1.06 bits per heavy atom. The number of carbonyl (C=O) groups excluding carboxylic acids is 2. The van der Waals surface area contributed by atoms with Crippen LogP contribution in [0, 0.1) is 11.3 Å². The third-order valence-corrected chi connectivity index (χ3v) is 7.21. The van der Waals surface area contributed by atoms with E-state index in [0.29, 0.717) is 0 Å². The number of rotatable bonds is 3. The van der Waals surface area contributed by atoms with Crippen LogP contribution in [0.3, 0.4) is 0 Å². The van der Waals surface area contributed by atoms with E-state index in [4.69, 9.17) is 0 Å². The number of para-hydroxylation sites is 1. The van der Waals surface area contributed by atoms with Crippen LogP contribution in [0.5, 0.6) is 0 Å². The van der Waals surface area contributed by atoms with Gasteiger partial charge in [0.25, 0.3) is 5.91 Å². The molecular weight excluding hydrogens is 406 g/mol. The summed E-state index contributed by atoms with van der Waals surface area (Å²) in [5, 5.41) is 9.58. The fourth-order valence-electron chi connectivity index (χ4n) is 4.44. The predicted octanol–water partition coefficient (Wildman–Crippen LogP) is 4.97. The molecule has 0 N–H and O–H groups in total. The molecule has 2 unspecified atom stereocenters. The zero-order chi connectivity index (χ0) is 21.7. The highest BCUT2D eigenvalue weighted by atomic mass is 32.1. The van der Waals surface area contributed by atoms with Gasteiger partial charge in [0.1, 0.15) is 11.6 Å². The minimum Gasteiger partial charge on any atom is -0.365 e. The first-order valence-corrected chi connectivity index (χ1v) is 10.8.